The third-order valence-electron chi connectivity index (χ3n) is 0.463. The van der Waals surface area contributed by atoms with Crippen molar-refractivity contribution in [1.82, 2.24) is 0 Å². The molecule has 0 fully saturated rings. The van der Waals surface area contributed by atoms with E-state index in [0.29, 0.717) is 6.08 Å². The highest BCUT2D eigenvalue weighted by Crippen LogP contribution is 1.82. The second kappa shape index (κ2) is 3.01. The summed E-state index contributed by atoms with van der Waals surface area (Å²) in [5.41, 5.74) is 4.51. The predicted octanol–water partition coefficient (Wildman–Crippen LogP) is -0.117. The number of hydrogen-bond donors (Lipinski definition) is 2. The molecule has 0 aliphatic rings. The fraction of sp³-hybridized carbons (Fsp3) is 0.250. The van der Waals surface area contributed by atoms with E-state index in [1.54, 1.807) is 0 Å². The van der Waals surface area contributed by atoms with E-state index in [2.05, 4.69) is 0 Å². The molecule has 0 rings (SSSR count). The summed E-state index contributed by atoms with van der Waals surface area (Å²) >= 11 is 0. The zero-order chi connectivity index (χ0) is 6.57. The van der Waals surface area contributed by atoms with Crippen LogP contribution < -0.4 is 5.73 Å². The Morgan fingerprint density at radius 2 is 2.38 bits per heavy atom. The van der Waals surface area contributed by atoms with Crippen LogP contribution in [0.3, 0.4) is 0 Å². The Kier molecular flexibility index (Phi) is 2.61. The van der Waals surface area contributed by atoms with Crippen molar-refractivity contribution >= 4 is 5.97 Å². The highest BCUT2D eigenvalue weighted by atomic mass is 19.1. The summed E-state index contributed by atoms with van der Waals surface area (Å²) in [5.74, 6) is -1.22. The van der Waals surface area contributed by atoms with Crippen molar-refractivity contribution in [2.24, 2.45) is 5.73 Å². The second-order valence-corrected chi connectivity index (χ2v) is 1.19. The van der Waals surface area contributed by atoms with Crippen molar-refractivity contribution in [3.8, 4) is 0 Å². The van der Waals surface area contributed by atoms with Gasteiger partial charge in [-0.25, -0.2) is 9.18 Å². The summed E-state index contributed by atoms with van der Waals surface area (Å²) in [6.07, 6.45) is 0.625. The van der Waals surface area contributed by atoms with Gasteiger partial charge in [-0.3, -0.25) is 0 Å². The molecular weight excluding hydrogens is 113 g/mol. The van der Waals surface area contributed by atoms with Crippen LogP contribution in [-0.4, -0.2) is 17.8 Å². The van der Waals surface area contributed by atoms with Crippen molar-refractivity contribution in [3.63, 3.8) is 0 Å². The zero-order valence-electron chi connectivity index (χ0n) is 4.10. The lowest BCUT2D eigenvalue weighted by Crippen LogP contribution is -2.02. The average Bonchev–Trinajstić information content (AvgIpc) is 1.65. The van der Waals surface area contributed by atoms with Crippen molar-refractivity contribution in [1.29, 1.82) is 0 Å². The van der Waals surface area contributed by atoms with E-state index in [-0.39, 0.29) is 5.70 Å². The third kappa shape index (κ3) is 3.14. The summed E-state index contributed by atoms with van der Waals surface area (Å²) in [7, 11) is 0. The molecule has 3 nitrogen and oxygen atoms in total. The van der Waals surface area contributed by atoms with Crippen LogP contribution in [0.5, 0.6) is 0 Å². The van der Waals surface area contributed by atoms with Crippen LogP contribution in [0.1, 0.15) is 0 Å². The molecule has 46 valence electrons. The Morgan fingerprint density at radius 3 is 2.50 bits per heavy atom. The van der Waals surface area contributed by atoms with Gasteiger partial charge >= 0.3 is 5.97 Å². The molecule has 0 heterocycles. The molecule has 0 spiro atoms. The van der Waals surface area contributed by atoms with Gasteiger partial charge in [-0.1, -0.05) is 0 Å². The number of hydrogen-bond acceptors (Lipinski definition) is 2. The molecular formula is C4H6FNO2. The van der Waals surface area contributed by atoms with Gasteiger partial charge in [0.15, 0.2) is 0 Å². The number of carbonyl (C=O) groups is 1. The topological polar surface area (TPSA) is 63.3 Å². The molecule has 0 atom stereocenters. The van der Waals surface area contributed by atoms with Gasteiger partial charge in [0, 0.05) is 11.8 Å². The van der Waals surface area contributed by atoms with E-state index in [4.69, 9.17) is 10.8 Å². The third-order valence-corrected chi connectivity index (χ3v) is 0.463. The second-order valence-electron chi connectivity index (χ2n) is 1.19. The lowest BCUT2D eigenvalue weighted by molar-refractivity contribution is -0.131. The molecule has 3 N–H and O–H groups in total. The van der Waals surface area contributed by atoms with Gasteiger partial charge in [-0.15, -0.1) is 0 Å². The first kappa shape index (κ1) is 6.94. The number of nitrogens with two attached hydrogens (primary N) is 1. The van der Waals surface area contributed by atoms with Gasteiger partial charge in [0.1, 0.15) is 6.67 Å². The molecule has 0 amide bonds. The Labute approximate surface area is 45.6 Å². The van der Waals surface area contributed by atoms with E-state index in [9.17, 15) is 9.18 Å². The Bertz CT molecular complexity index is 121. The molecule has 0 aromatic heterocycles. The van der Waals surface area contributed by atoms with Crippen LogP contribution in [0.25, 0.3) is 0 Å². The van der Waals surface area contributed by atoms with E-state index < -0.39 is 12.6 Å². The predicted molar refractivity (Wildman–Crippen MR) is 25.9 cm³/mol. The highest BCUT2D eigenvalue weighted by Gasteiger charge is 1.90. The maximum absolute atomic E-state index is 11.3. The minimum atomic E-state index is -1.22. The number of aliphatic carboxylic acids is 1. The molecule has 0 bridgehead atoms. The average molecular weight is 119 g/mol. The number of rotatable bonds is 2. The molecule has 0 aromatic carbocycles. The SMILES string of the molecule is N/C(=C\C(=O)O)CF. The summed E-state index contributed by atoms with van der Waals surface area (Å²) in [5, 5.41) is 7.89. The fourth-order valence-electron chi connectivity index (χ4n) is 0.197. The monoisotopic (exact) mass is 119 g/mol. The van der Waals surface area contributed by atoms with Crippen molar-refractivity contribution in [3.05, 3.63) is 11.8 Å². The minimum absolute atomic E-state index is 0.266. The molecule has 0 aromatic rings. The van der Waals surface area contributed by atoms with Gasteiger partial charge in [0.2, 0.25) is 0 Å². The standard InChI is InChI=1S/C4H6FNO2/c5-2-3(6)1-4(7)8/h1H,2,6H2,(H,7,8)/b3-1-. The lowest BCUT2D eigenvalue weighted by atomic mass is 10.4. The van der Waals surface area contributed by atoms with Crippen molar-refractivity contribution in [2.75, 3.05) is 6.67 Å². The van der Waals surface area contributed by atoms with E-state index in [1.165, 1.54) is 0 Å². The molecule has 0 aliphatic heterocycles. The largest absolute Gasteiger partial charge is 0.478 e. The summed E-state index contributed by atoms with van der Waals surface area (Å²) in [4.78, 5) is 9.65. The zero-order valence-corrected chi connectivity index (χ0v) is 4.10. The summed E-state index contributed by atoms with van der Waals surface area (Å²) < 4.78 is 11.3. The van der Waals surface area contributed by atoms with E-state index in [1.807, 2.05) is 0 Å². The van der Waals surface area contributed by atoms with Gasteiger partial charge in [-0.05, 0) is 0 Å². The van der Waals surface area contributed by atoms with Gasteiger partial charge in [-0.2, -0.15) is 0 Å². The smallest absolute Gasteiger partial charge is 0.330 e. The summed E-state index contributed by atoms with van der Waals surface area (Å²) in [6, 6.07) is 0. The van der Waals surface area contributed by atoms with Crippen LogP contribution in [0.15, 0.2) is 11.8 Å². The molecule has 0 unspecified atom stereocenters. The first-order chi connectivity index (χ1) is 3.66. The Morgan fingerprint density at radius 1 is 1.88 bits per heavy atom. The fourth-order valence-corrected chi connectivity index (χ4v) is 0.197. The minimum Gasteiger partial charge on any atom is -0.478 e. The van der Waals surface area contributed by atoms with Crippen LogP contribution in [-0.2, 0) is 4.79 Å². The lowest BCUT2D eigenvalue weighted by Gasteiger charge is -1.86. The van der Waals surface area contributed by atoms with Gasteiger partial charge < -0.3 is 10.8 Å². The van der Waals surface area contributed by atoms with E-state index >= 15 is 0 Å². The Hall–Kier alpha value is -1.06. The molecule has 0 saturated carbocycles. The number of carboxylic acid groups (broad SMARTS) is 1. The first-order valence-corrected chi connectivity index (χ1v) is 1.91. The van der Waals surface area contributed by atoms with E-state index in [0.717, 1.165) is 0 Å². The van der Waals surface area contributed by atoms with Crippen LogP contribution in [0.2, 0.25) is 0 Å². The number of carboxylic acids is 1. The quantitative estimate of drug-likeness (QED) is 0.498. The maximum Gasteiger partial charge on any atom is 0.330 e. The van der Waals surface area contributed by atoms with Gasteiger partial charge in [0.05, 0.1) is 0 Å². The first-order valence-electron chi connectivity index (χ1n) is 1.91. The normalized spacial score (nSPS) is 11.4. The molecule has 4 heteroatoms. The highest BCUT2D eigenvalue weighted by molar-refractivity contribution is 5.80. The van der Waals surface area contributed by atoms with Crippen molar-refractivity contribution < 1.29 is 14.3 Å². The van der Waals surface area contributed by atoms with Crippen LogP contribution >= 0.6 is 0 Å². The maximum atomic E-state index is 11.3. The van der Waals surface area contributed by atoms with Crippen LogP contribution in [0, 0.1) is 0 Å². The molecule has 8 heavy (non-hydrogen) atoms. The molecule has 0 radical (unpaired) electrons. The van der Waals surface area contributed by atoms with Crippen molar-refractivity contribution in [2.45, 2.75) is 0 Å². The number of allylic oxidation sites excluding steroid dienone is 1. The number of halogens is 1. The summed E-state index contributed by atoms with van der Waals surface area (Å²) in [6.45, 7) is -0.910. The number of alkyl halides is 1. The Balaban J connectivity index is 3.75. The molecule has 0 aliphatic carbocycles. The van der Waals surface area contributed by atoms with Crippen LogP contribution in [0.4, 0.5) is 4.39 Å². The molecule has 0 saturated heterocycles. The van der Waals surface area contributed by atoms with Gasteiger partial charge in [0.25, 0.3) is 0 Å².